The zero-order chi connectivity index (χ0) is 14.2. The summed E-state index contributed by atoms with van der Waals surface area (Å²) < 4.78 is 39.0. The Balaban J connectivity index is 2.48. The molecule has 19 heavy (non-hydrogen) atoms. The van der Waals surface area contributed by atoms with E-state index in [1.54, 1.807) is 0 Å². The van der Waals surface area contributed by atoms with Crippen molar-refractivity contribution in [1.29, 1.82) is 0 Å². The Hall–Kier alpha value is -1.82. The lowest BCUT2D eigenvalue weighted by Crippen LogP contribution is -2.08. The molecule has 0 aliphatic heterocycles. The SMILES string of the molecule is Cc1cn(-c2ccc(C=O)c(Cl)c2)nc1C(F)(F)F. The van der Waals surface area contributed by atoms with Crippen molar-refractivity contribution in [2.75, 3.05) is 0 Å². The van der Waals surface area contributed by atoms with Gasteiger partial charge < -0.3 is 0 Å². The Kier molecular flexibility index (Phi) is 3.36. The third kappa shape index (κ3) is 2.63. The predicted molar refractivity (Wildman–Crippen MR) is 63.7 cm³/mol. The third-order valence-corrected chi connectivity index (χ3v) is 2.87. The summed E-state index contributed by atoms with van der Waals surface area (Å²) in [7, 11) is 0. The Morgan fingerprint density at radius 1 is 1.37 bits per heavy atom. The maximum atomic E-state index is 12.6. The molecule has 1 aromatic heterocycles. The molecule has 0 saturated carbocycles. The first-order chi connectivity index (χ1) is 8.82. The number of alkyl halides is 3. The zero-order valence-corrected chi connectivity index (χ0v) is 10.5. The molecule has 3 nitrogen and oxygen atoms in total. The standard InChI is InChI=1S/C12H8ClF3N2O/c1-7-5-18(17-11(7)12(14,15)16)9-3-2-8(6-19)10(13)4-9/h2-6H,1H3. The van der Waals surface area contributed by atoms with E-state index in [2.05, 4.69) is 5.10 Å². The van der Waals surface area contributed by atoms with Crippen molar-refractivity contribution in [2.45, 2.75) is 13.1 Å². The van der Waals surface area contributed by atoms with Crippen LogP contribution in [0.15, 0.2) is 24.4 Å². The Labute approximate surface area is 111 Å². The average Bonchev–Trinajstić information content (AvgIpc) is 2.71. The molecule has 0 radical (unpaired) electrons. The molecule has 2 rings (SSSR count). The van der Waals surface area contributed by atoms with Crippen LogP contribution in [0.25, 0.3) is 5.69 Å². The number of rotatable bonds is 2. The molecule has 0 bridgehead atoms. The van der Waals surface area contributed by atoms with Gasteiger partial charge >= 0.3 is 6.18 Å². The van der Waals surface area contributed by atoms with Crippen LogP contribution in [-0.4, -0.2) is 16.1 Å². The van der Waals surface area contributed by atoms with Crippen LogP contribution in [0.4, 0.5) is 13.2 Å². The first-order valence-corrected chi connectivity index (χ1v) is 5.59. The first-order valence-electron chi connectivity index (χ1n) is 5.21. The summed E-state index contributed by atoms with van der Waals surface area (Å²) in [5.74, 6) is 0. The van der Waals surface area contributed by atoms with Crippen molar-refractivity contribution in [3.05, 3.63) is 46.2 Å². The predicted octanol–water partition coefficient (Wildman–Crippen LogP) is 3.67. The highest BCUT2D eigenvalue weighted by Gasteiger charge is 2.36. The number of aromatic nitrogens is 2. The number of carbonyl (C=O) groups excluding carboxylic acids is 1. The summed E-state index contributed by atoms with van der Waals surface area (Å²) in [6.45, 7) is 1.33. The number of hydrogen-bond acceptors (Lipinski definition) is 2. The second kappa shape index (κ2) is 4.70. The summed E-state index contributed by atoms with van der Waals surface area (Å²) in [6.07, 6.45) is -2.67. The average molecular weight is 289 g/mol. The van der Waals surface area contributed by atoms with Crippen LogP contribution in [0.3, 0.4) is 0 Å². The molecule has 0 spiro atoms. The molecule has 7 heteroatoms. The number of nitrogens with zero attached hydrogens (tertiary/aromatic N) is 2. The second-order valence-corrected chi connectivity index (χ2v) is 4.33. The molecule has 0 amide bonds. The van der Waals surface area contributed by atoms with Crippen LogP contribution in [0.1, 0.15) is 21.6 Å². The number of aryl methyl sites for hydroxylation is 1. The maximum Gasteiger partial charge on any atom is 0.435 e. The van der Waals surface area contributed by atoms with Gasteiger partial charge in [0.05, 0.1) is 10.7 Å². The fourth-order valence-electron chi connectivity index (χ4n) is 1.63. The van der Waals surface area contributed by atoms with Crippen molar-refractivity contribution in [1.82, 2.24) is 9.78 Å². The highest BCUT2D eigenvalue weighted by molar-refractivity contribution is 6.33. The molecule has 100 valence electrons. The minimum atomic E-state index is -4.50. The summed E-state index contributed by atoms with van der Waals surface area (Å²) in [5.41, 5.74) is -0.300. The topological polar surface area (TPSA) is 34.9 Å². The number of halogens is 4. The normalized spacial score (nSPS) is 11.6. The molecular weight excluding hydrogens is 281 g/mol. The van der Waals surface area contributed by atoms with E-state index in [0.29, 0.717) is 12.0 Å². The van der Waals surface area contributed by atoms with Gasteiger partial charge in [0.2, 0.25) is 0 Å². The van der Waals surface area contributed by atoms with E-state index in [4.69, 9.17) is 11.6 Å². The van der Waals surface area contributed by atoms with E-state index in [9.17, 15) is 18.0 Å². The highest BCUT2D eigenvalue weighted by Crippen LogP contribution is 2.31. The van der Waals surface area contributed by atoms with Gasteiger partial charge in [-0.3, -0.25) is 4.79 Å². The second-order valence-electron chi connectivity index (χ2n) is 3.93. The van der Waals surface area contributed by atoms with Crippen molar-refractivity contribution in [2.24, 2.45) is 0 Å². The van der Waals surface area contributed by atoms with Crippen LogP contribution in [0, 0.1) is 6.92 Å². The quantitative estimate of drug-likeness (QED) is 0.790. The molecular formula is C12H8ClF3N2O. The van der Waals surface area contributed by atoms with E-state index < -0.39 is 11.9 Å². The minimum absolute atomic E-state index is 0.0167. The monoisotopic (exact) mass is 288 g/mol. The lowest BCUT2D eigenvalue weighted by atomic mass is 10.2. The van der Waals surface area contributed by atoms with E-state index >= 15 is 0 Å². The molecule has 0 fully saturated rings. The van der Waals surface area contributed by atoms with Gasteiger partial charge in [-0.15, -0.1) is 0 Å². The smallest absolute Gasteiger partial charge is 0.298 e. The number of benzene rings is 1. The highest BCUT2D eigenvalue weighted by atomic mass is 35.5. The van der Waals surface area contributed by atoms with Crippen LogP contribution < -0.4 is 0 Å². The fourth-order valence-corrected chi connectivity index (χ4v) is 1.85. The largest absolute Gasteiger partial charge is 0.435 e. The van der Waals surface area contributed by atoms with Gasteiger partial charge in [-0.25, -0.2) is 4.68 Å². The van der Waals surface area contributed by atoms with E-state index in [0.717, 1.165) is 4.68 Å². The van der Waals surface area contributed by atoms with Gasteiger partial charge in [-0.05, 0) is 30.7 Å². The van der Waals surface area contributed by atoms with Crippen molar-refractivity contribution in [3.8, 4) is 5.69 Å². The van der Waals surface area contributed by atoms with Crippen LogP contribution in [0.5, 0.6) is 0 Å². The zero-order valence-electron chi connectivity index (χ0n) is 9.70. The van der Waals surface area contributed by atoms with Crippen LogP contribution in [-0.2, 0) is 6.18 Å². The van der Waals surface area contributed by atoms with Crippen molar-refractivity contribution in [3.63, 3.8) is 0 Å². The summed E-state index contributed by atoms with van der Waals surface area (Å²) >= 11 is 5.82. The first kappa shape index (κ1) is 13.6. The number of hydrogen-bond donors (Lipinski definition) is 0. The van der Waals surface area contributed by atoms with Crippen LogP contribution in [0.2, 0.25) is 5.02 Å². The van der Waals surface area contributed by atoms with Crippen LogP contribution >= 0.6 is 11.6 Å². The lowest BCUT2D eigenvalue weighted by molar-refractivity contribution is -0.141. The van der Waals surface area contributed by atoms with Gasteiger partial charge in [-0.2, -0.15) is 18.3 Å². The van der Waals surface area contributed by atoms with Gasteiger partial charge in [0.1, 0.15) is 0 Å². The molecule has 0 N–H and O–H groups in total. The Morgan fingerprint density at radius 3 is 2.53 bits per heavy atom. The van der Waals surface area contributed by atoms with Crippen molar-refractivity contribution < 1.29 is 18.0 Å². The minimum Gasteiger partial charge on any atom is -0.298 e. The molecule has 0 saturated heterocycles. The Morgan fingerprint density at radius 2 is 2.05 bits per heavy atom. The van der Waals surface area contributed by atoms with Gasteiger partial charge in [0.15, 0.2) is 12.0 Å². The molecule has 1 aromatic carbocycles. The van der Waals surface area contributed by atoms with E-state index in [-0.39, 0.29) is 16.1 Å². The van der Waals surface area contributed by atoms with Gasteiger partial charge in [0, 0.05) is 11.8 Å². The van der Waals surface area contributed by atoms with Gasteiger partial charge in [-0.1, -0.05) is 11.6 Å². The summed E-state index contributed by atoms with van der Waals surface area (Å²) in [6, 6.07) is 4.29. The molecule has 0 aliphatic rings. The summed E-state index contributed by atoms with van der Waals surface area (Å²) in [4.78, 5) is 10.6. The van der Waals surface area contributed by atoms with E-state index in [1.165, 1.54) is 31.3 Å². The maximum absolute atomic E-state index is 12.6. The van der Waals surface area contributed by atoms with Crippen molar-refractivity contribution >= 4 is 17.9 Å². The van der Waals surface area contributed by atoms with Gasteiger partial charge in [0.25, 0.3) is 0 Å². The van der Waals surface area contributed by atoms with E-state index in [1.807, 2.05) is 0 Å². The molecule has 1 heterocycles. The Bertz CT molecular complexity index is 634. The third-order valence-electron chi connectivity index (χ3n) is 2.54. The summed E-state index contributed by atoms with van der Waals surface area (Å²) in [5, 5.41) is 3.65. The number of carbonyl (C=O) groups is 1. The lowest BCUT2D eigenvalue weighted by Gasteiger charge is -2.04. The molecule has 0 aliphatic carbocycles. The molecule has 0 atom stereocenters. The fraction of sp³-hybridized carbons (Fsp3) is 0.167. The molecule has 0 unspecified atom stereocenters. The number of aldehydes is 1. The molecule has 2 aromatic rings.